The Kier molecular flexibility index (Phi) is 34.8. The van der Waals surface area contributed by atoms with Gasteiger partial charge < -0.3 is 38.1 Å². The minimum Gasteiger partial charge on any atom is -0.492 e. The maximum Gasteiger partial charge on any atom is 0.456 e. The average molecular weight is 2040 g/mol. The predicted octanol–water partition coefficient (Wildman–Crippen LogP) is 11.5. The topological polar surface area (TPSA) is 492 Å². The van der Waals surface area contributed by atoms with Gasteiger partial charge in [-0.15, -0.1) is 0 Å². The van der Waals surface area contributed by atoms with E-state index < -0.39 is 156 Å². The van der Waals surface area contributed by atoms with Crippen molar-refractivity contribution in [3.05, 3.63) is 153 Å². The number of carbonyl (C=O) groups is 4. The summed E-state index contributed by atoms with van der Waals surface area (Å²) in [5.41, 5.74) is 8.85. The van der Waals surface area contributed by atoms with Gasteiger partial charge in [-0.2, -0.15) is 70.2 Å². The van der Waals surface area contributed by atoms with Crippen molar-refractivity contribution < 1.29 is 177 Å². The summed E-state index contributed by atoms with van der Waals surface area (Å²) in [4.78, 5) is 78.5. The number of aromatic nitrogens is 7. The van der Waals surface area contributed by atoms with Crippen LogP contribution in [-0.2, 0) is 72.7 Å². The lowest BCUT2D eigenvalue weighted by Crippen LogP contribution is -2.58. The Morgan fingerprint density at radius 1 is 0.350 bits per heavy atom. The Bertz CT molecular complexity index is 5720. The molecular weight excluding hydrogens is 1950 g/mol. The van der Waals surface area contributed by atoms with Gasteiger partial charge in [0.1, 0.15) is 5.75 Å². The number of nitrogens with one attached hydrogen (secondary N) is 4. The fourth-order valence-corrected chi connectivity index (χ4v) is 22.2. The molecule has 0 spiro atoms. The number of carbonyl (C=O) groups excluding carboxylic acids is 4. The Balaban J connectivity index is 0.000000189. The summed E-state index contributed by atoms with van der Waals surface area (Å²) in [6.45, 7) is -3.12. The number of hydroxylamine groups is 4. The first-order valence-electron chi connectivity index (χ1n) is 40.9. The van der Waals surface area contributed by atoms with Crippen LogP contribution in [0.1, 0.15) is 89.9 Å². The number of amides is 4. The molecule has 0 unspecified atom stereocenters. The number of piperidine rings is 1. The molecule has 13 rings (SSSR count). The monoisotopic (exact) mass is 2040 g/mol. The normalized spacial score (nSPS) is 17.1. The molecule has 0 atom stereocenters. The van der Waals surface area contributed by atoms with Gasteiger partial charge >= 0.3 is 36.6 Å². The van der Waals surface area contributed by atoms with Crippen LogP contribution in [0.4, 0.5) is 70.2 Å². The lowest BCUT2D eigenvalue weighted by molar-refractivity contribution is -0.290. The maximum atomic E-state index is 13.5. The van der Waals surface area contributed by atoms with Crippen LogP contribution in [0, 0.1) is 0 Å². The van der Waals surface area contributed by atoms with E-state index in [0.29, 0.717) is 58.5 Å². The number of hydrogen-bond donors (Lipinski definition) is 8. The zero-order chi connectivity index (χ0) is 100. The number of rotatable bonds is 31. The van der Waals surface area contributed by atoms with Crippen molar-refractivity contribution in [1.82, 2.24) is 61.7 Å². The molecule has 0 bridgehead atoms. The molecule has 4 saturated heterocycles. The fourth-order valence-electron chi connectivity index (χ4n) is 14.5. The molecule has 4 amide bonds. The van der Waals surface area contributed by atoms with Crippen LogP contribution >= 0.6 is 0 Å². The highest BCUT2D eigenvalue weighted by Gasteiger charge is 2.61. The lowest BCUT2D eigenvalue weighted by Gasteiger charge is -2.39. The van der Waals surface area contributed by atoms with Crippen molar-refractivity contribution in [1.29, 1.82) is 0 Å². The van der Waals surface area contributed by atoms with Crippen LogP contribution in [0.25, 0.3) is 45.0 Å². The molecule has 8 heterocycles. The van der Waals surface area contributed by atoms with Crippen molar-refractivity contribution >= 4 is 63.0 Å². The second-order valence-electron chi connectivity index (χ2n) is 31.2. The predicted molar refractivity (Wildman–Crippen MR) is 440 cm³/mol. The zero-order valence-corrected chi connectivity index (χ0v) is 74.5. The van der Waals surface area contributed by atoms with Gasteiger partial charge in [0, 0.05) is 93.9 Å². The summed E-state index contributed by atoms with van der Waals surface area (Å²) in [5, 5.41) is 36.6. The molecule has 748 valence electrons. The number of ether oxygens (including phenoxy) is 7. The van der Waals surface area contributed by atoms with Gasteiger partial charge in [0.25, 0.3) is 23.6 Å². The van der Waals surface area contributed by atoms with Crippen LogP contribution < -0.4 is 40.9 Å². The van der Waals surface area contributed by atoms with Crippen molar-refractivity contribution in [3.63, 3.8) is 0 Å². The van der Waals surface area contributed by atoms with Crippen LogP contribution in [0.2, 0.25) is 0 Å². The number of alkyl halides is 16. The van der Waals surface area contributed by atoms with Crippen LogP contribution in [0.3, 0.4) is 0 Å². The Morgan fingerprint density at radius 3 is 0.869 bits per heavy atom. The number of halogens is 16. The van der Waals surface area contributed by atoms with Crippen molar-refractivity contribution in [2.24, 2.45) is 0 Å². The number of nitrogens with zero attached hydrogens (tertiary/aromatic N) is 8. The van der Waals surface area contributed by atoms with Gasteiger partial charge in [-0.25, -0.2) is 85.5 Å². The summed E-state index contributed by atoms with van der Waals surface area (Å²) in [5.74, 6) is -14.9. The smallest absolute Gasteiger partial charge is 0.456 e. The van der Waals surface area contributed by atoms with E-state index in [0.717, 1.165) is 37.6 Å². The molecule has 4 aliphatic heterocycles. The molecule has 1 saturated carbocycles. The van der Waals surface area contributed by atoms with E-state index in [9.17, 15) is 128 Å². The van der Waals surface area contributed by atoms with E-state index in [-0.39, 0.29) is 154 Å². The van der Waals surface area contributed by atoms with E-state index in [1.165, 1.54) is 138 Å². The highest BCUT2D eigenvalue weighted by molar-refractivity contribution is 7.94. The molecule has 5 aliphatic rings. The molecule has 35 nitrogen and oxygen atoms in total. The summed E-state index contributed by atoms with van der Waals surface area (Å²) in [7, 11) is -16.8. The summed E-state index contributed by atoms with van der Waals surface area (Å²) in [6.07, 6.45) is -13.1. The number of benzene rings is 4. The zero-order valence-electron chi connectivity index (χ0n) is 71.2. The van der Waals surface area contributed by atoms with Gasteiger partial charge in [-0.3, -0.25) is 45.0 Å². The highest BCUT2D eigenvalue weighted by atomic mass is 32.2. The minimum absolute atomic E-state index is 0.00362. The van der Waals surface area contributed by atoms with E-state index >= 15 is 0 Å². The van der Waals surface area contributed by atoms with Gasteiger partial charge in [-0.1, -0.05) is 48.5 Å². The number of sulfone groups is 4. The number of likely N-dealkylation sites (tertiary alicyclic amines) is 1. The average Bonchev–Trinajstić information content (AvgIpc) is 1.25. The summed E-state index contributed by atoms with van der Waals surface area (Å²) >= 11 is 0. The molecule has 1 aliphatic carbocycles. The lowest BCUT2D eigenvalue weighted by atomic mass is 9.94. The second kappa shape index (κ2) is 44.2. The molecule has 55 heteroatoms. The molecule has 8 N–H and O–H groups in total. The highest BCUT2D eigenvalue weighted by Crippen LogP contribution is 2.45. The largest absolute Gasteiger partial charge is 0.492 e. The standard InChI is InChI=1S/C22H23F5N4O5S.C21H23F3N2O6S.C20H22F3N3O6S.C19H18F5N3O6S/c23-21(24,22(25,26)27)13-36-18-12-28-17(11-29-18)14-1-5-16(6-2-14)37(34,35)20(19(32)30-33)7-9-31(10-8-20)15-3-4-15;22-21(23,24)8-1-11-32-16-4-7-18(25-14-16)15-2-5-17(6-3-15)33(29,30)20(19(27)26-28)9-12-31-13-10-20;21-20(22,23)6-1-9-32-17-13-24-16(12-25-17)14-2-4-15(5-3-14)33(29,30)19(18(27)26-28)7-10-31-11-8-19;20-18(21,19(22,23)24)11-33-15-10-25-14(9-26-15)12-1-3-13(4-2-12)34(30,31)17(16(28)27-29)5-7-32-8-6-17/h1-2,5-6,11-12,15,33H,3-4,7-10,13H2,(H,30,32);2-7,14,28H,1,8-13H2,(H,26,27);2-5,12-13,28H,1,6-11H2,(H,26,27);1-4,9-10,29H,5-8,11H2,(H,27,28). The van der Waals surface area contributed by atoms with Crippen molar-refractivity contribution in [2.45, 2.75) is 171 Å². The Hall–Kier alpha value is -11.3. The van der Waals surface area contributed by atoms with Gasteiger partial charge in [-0.05, 0) is 138 Å². The third kappa shape index (κ3) is 25.4. The molecule has 4 aromatic heterocycles. The Morgan fingerprint density at radius 2 is 0.620 bits per heavy atom. The third-order valence-electron chi connectivity index (χ3n) is 22.5. The number of pyridine rings is 1. The fraction of sp³-hybridized carbons (Fsp3) is 0.451. The third-order valence-corrected chi connectivity index (χ3v) is 32.6. The maximum absolute atomic E-state index is 13.5. The quantitative estimate of drug-likeness (QED) is 0.00866. The minimum atomic E-state index is -5.77. The van der Waals surface area contributed by atoms with Crippen molar-refractivity contribution in [2.75, 3.05) is 79.2 Å². The molecule has 0 radical (unpaired) electrons. The Labute approximate surface area is 769 Å². The van der Waals surface area contributed by atoms with E-state index in [4.69, 9.17) is 39.3 Å². The van der Waals surface area contributed by atoms with Crippen molar-refractivity contribution in [3.8, 4) is 68.4 Å². The van der Waals surface area contributed by atoms with Gasteiger partial charge in [0.05, 0.1) is 98.9 Å². The van der Waals surface area contributed by atoms with Crippen LogP contribution in [0.5, 0.6) is 23.4 Å². The SMILES string of the molecule is O=C(NO)C1(S(=O)(=O)c2ccc(-c3ccc(OCCCC(F)(F)F)cn3)cc2)CCOCC1.O=C(NO)C1(S(=O)(=O)c2ccc(-c3cnc(OCC(F)(F)C(F)(F)F)cn3)cc2)CCN(C2CC2)CC1.O=C(NO)C1(S(=O)(=O)c2ccc(-c3cnc(OCC(F)(F)C(F)(F)F)cn3)cc2)CCOCC1.O=C(NO)C1(S(=O)(=O)c2ccc(-c3cnc(OCCCC(F)(F)F)cn3)cc2)CCOCC1. The van der Waals surface area contributed by atoms with Crippen LogP contribution in [-0.4, -0.2) is 259 Å². The molecule has 5 fully saturated rings. The second-order valence-corrected chi connectivity index (χ2v) is 40.2. The van der Waals surface area contributed by atoms with E-state index in [1.54, 1.807) is 12.1 Å². The molecule has 4 aromatic carbocycles. The first kappa shape index (κ1) is 108. The molecule has 137 heavy (non-hydrogen) atoms. The number of hydrogen-bond acceptors (Lipinski definition) is 31. The first-order valence-corrected chi connectivity index (χ1v) is 46.9. The van der Waals surface area contributed by atoms with Gasteiger partial charge in [0.15, 0.2) is 71.6 Å². The summed E-state index contributed by atoms with van der Waals surface area (Å²) in [6, 6.07) is 25.4. The van der Waals surface area contributed by atoms with Gasteiger partial charge in [0.2, 0.25) is 17.6 Å². The molecular formula is C82H86F16N12O23S4. The van der Waals surface area contributed by atoms with Crippen LogP contribution in [0.15, 0.2) is 172 Å². The van der Waals surface area contributed by atoms with E-state index in [2.05, 4.69) is 49.3 Å². The van der Waals surface area contributed by atoms with E-state index in [1.807, 2.05) is 0 Å². The first-order chi connectivity index (χ1) is 64.3. The molecule has 8 aromatic rings. The summed E-state index contributed by atoms with van der Waals surface area (Å²) < 4.78 is 332.